The third-order valence-electron chi connectivity index (χ3n) is 3.30. The number of halogens is 1. The molecule has 1 aliphatic heterocycles. The van der Waals surface area contributed by atoms with E-state index in [1.807, 2.05) is 6.92 Å². The molecule has 1 fully saturated rings. The highest BCUT2D eigenvalue weighted by Gasteiger charge is 2.26. The first-order valence-electron chi connectivity index (χ1n) is 6.71. The third kappa shape index (κ3) is 3.27. The summed E-state index contributed by atoms with van der Waals surface area (Å²) in [5.74, 6) is 0.971. The minimum absolute atomic E-state index is 0.222. The molecule has 100 valence electrons. The number of ether oxygens (including phenoxy) is 2. The van der Waals surface area contributed by atoms with E-state index >= 15 is 0 Å². The molecule has 0 bridgehead atoms. The van der Waals surface area contributed by atoms with Crippen LogP contribution in [0.4, 0.5) is 0 Å². The van der Waals surface area contributed by atoms with Gasteiger partial charge in [0.25, 0.3) is 0 Å². The molecule has 0 N–H and O–H groups in total. The van der Waals surface area contributed by atoms with E-state index in [0.29, 0.717) is 6.61 Å². The molecule has 0 radical (unpaired) electrons. The van der Waals surface area contributed by atoms with Crippen LogP contribution in [0, 0.1) is 6.92 Å². The molecule has 3 heteroatoms. The van der Waals surface area contributed by atoms with Crippen LogP contribution >= 0.6 is 15.9 Å². The molecule has 0 aliphatic carbocycles. The molecule has 2 rings (SSSR count). The Morgan fingerprint density at radius 1 is 1.44 bits per heavy atom. The van der Waals surface area contributed by atoms with Gasteiger partial charge < -0.3 is 9.47 Å². The van der Waals surface area contributed by atoms with Crippen LogP contribution in [0.2, 0.25) is 0 Å². The van der Waals surface area contributed by atoms with Crippen LogP contribution in [0.5, 0.6) is 5.75 Å². The fourth-order valence-corrected chi connectivity index (χ4v) is 3.14. The Balaban J connectivity index is 2.21. The summed E-state index contributed by atoms with van der Waals surface area (Å²) >= 11 is 3.80. The molecule has 1 aliphatic rings. The van der Waals surface area contributed by atoms with Gasteiger partial charge >= 0.3 is 0 Å². The van der Waals surface area contributed by atoms with Gasteiger partial charge in [-0.25, -0.2) is 0 Å². The zero-order valence-electron chi connectivity index (χ0n) is 11.1. The van der Waals surface area contributed by atoms with Crippen LogP contribution in [-0.4, -0.2) is 19.3 Å². The third-order valence-corrected chi connectivity index (χ3v) is 4.39. The van der Waals surface area contributed by atoms with Crippen molar-refractivity contribution >= 4 is 15.9 Å². The second-order valence-electron chi connectivity index (χ2n) is 4.78. The van der Waals surface area contributed by atoms with E-state index < -0.39 is 0 Å². The van der Waals surface area contributed by atoms with Crippen LogP contribution in [0.3, 0.4) is 0 Å². The Labute approximate surface area is 118 Å². The average molecular weight is 313 g/mol. The molecule has 0 spiro atoms. The first-order valence-corrected chi connectivity index (χ1v) is 7.63. The summed E-state index contributed by atoms with van der Waals surface area (Å²) in [7, 11) is 0. The molecule has 18 heavy (non-hydrogen) atoms. The lowest BCUT2D eigenvalue weighted by Gasteiger charge is -2.28. The second kappa shape index (κ2) is 6.58. The van der Waals surface area contributed by atoms with Gasteiger partial charge in [0.05, 0.1) is 17.5 Å². The molecule has 1 aromatic carbocycles. The van der Waals surface area contributed by atoms with E-state index in [1.54, 1.807) is 0 Å². The van der Waals surface area contributed by atoms with Crippen molar-refractivity contribution in [2.24, 2.45) is 0 Å². The molecular weight excluding hydrogens is 292 g/mol. The van der Waals surface area contributed by atoms with Crippen molar-refractivity contribution in [1.82, 2.24) is 0 Å². The Morgan fingerprint density at radius 3 is 2.94 bits per heavy atom. The van der Waals surface area contributed by atoms with Gasteiger partial charge in [0, 0.05) is 12.2 Å². The van der Waals surface area contributed by atoms with Crippen molar-refractivity contribution < 1.29 is 9.47 Å². The second-order valence-corrected chi connectivity index (χ2v) is 5.77. The van der Waals surface area contributed by atoms with Gasteiger partial charge in [-0.1, -0.05) is 33.6 Å². The van der Waals surface area contributed by atoms with Crippen LogP contribution in [0.1, 0.15) is 42.1 Å². The highest BCUT2D eigenvalue weighted by atomic mass is 79.9. The minimum atomic E-state index is 0.222. The van der Waals surface area contributed by atoms with Crippen LogP contribution < -0.4 is 4.74 Å². The Hall–Kier alpha value is -0.540. The van der Waals surface area contributed by atoms with Crippen molar-refractivity contribution in [3.8, 4) is 5.75 Å². The van der Waals surface area contributed by atoms with E-state index in [2.05, 4.69) is 41.1 Å². The first kappa shape index (κ1) is 13.9. The predicted octanol–water partition coefficient (Wildman–Crippen LogP) is 4.40. The van der Waals surface area contributed by atoms with E-state index in [0.717, 1.165) is 18.8 Å². The largest absolute Gasteiger partial charge is 0.494 e. The predicted molar refractivity (Wildman–Crippen MR) is 77.6 cm³/mol. The summed E-state index contributed by atoms with van der Waals surface area (Å²) in [6.45, 7) is 5.70. The summed E-state index contributed by atoms with van der Waals surface area (Å²) in [4.78, 5) is 0.222. The van der Waals surface area contributed by atoms with Gasteiger partial charge in [0.15, 0.2) is 0 Å². The SMILES string of the molecule is CCOc1ccc(C)cc1C(Br)C1CCCCO1. The zero-order valence-corrected chi connectivity index (χ0v) is 12.7. The smallest absolute Gasteiger partial charge is 0.123 e. The molecule has 0 saturated carbocycles. The minimum Gasteiger partial charge on any atom is -0.494 e. The van der Waals surface area contributed by atoms with E-state index in [9.17, 15) is 0 Å². The molecule has 2 atom stereocenters. The van der Waals surface area contributed by atoms with E-state index in [-0.39, 0.29) is 10.9 Å². The first-order chi connectivity index (χ1) is 8.72. The maximum absolute atomic E-state index is 5.86. The lowest BCUT2D eigenvalue weighted by atomic mass is 9.99. The van der Waals surface area contributed by atoms with Gasteiger partial charge in [-0.15, -0.1) is 0 Å². The Kier molecular flexibility index (Phi) is 5.07. The molecule has 0 aromatic heterocycles. The van der Waals surface area contributed by atoms with Crippen LogP contribution in [0.25, 0.3) is 0 Å². The van der Waals surface area contributed by atoms with Gasteiger partial charge in [0.1, 0.15) is 5.75 Å². The molecular formula is C15H21BrO2. The maximum atomic E-state index is 5.86. The summed E-state index contributed by atoms with van der Waals surface area (Å²) in [6.07, 6.45) is 3.82. The topological polar surface area (TPSA) is 18.5 Å². The molecule has 0 amide bonds. The van der Waals surface area contributed by atoms with Gasteiger partial charge in [-0.05, 0) is 39.2 Å². The van der Waals surface area contributed by atoms with Crippen molar-refractivity contribution in [3.05, 3.63) is 29.3 Å². The Morgan fingerprint density at radius 2 is 2.28 bits per heavy atom. The number of hydrogen-bond acceptors (Lipinski definition) is 2. The van der Waals surface area contributed by atoms with E-state index in [1.165, 1.54) is 24.0 Å². The van der Waals surface area contributed by atoms with Crippen molar-refractivity contribution in [2.75, 3.05) is 13.2 Å². The number of alkyl halides is 1. The van der Waals surface area contributed by atoms with Crippen molar-refractivity contribution in [1.29, 1.82) is 0 Å². The maximum Gasteiger partial charge on any atom is 0.123 e. The summed E-state index contributed by atoms with van der Waals surface area (Å²) in [5, 5.41) is 0. The van der Waals surface area contributed by atoms with Crippen LogP contribution in [-0.2, 0) is 4.74 Å². The summed E-state index contributed by atoms with van der Waals surface area (Å²) < 4.78 is 11.6. The quantitative estimate of drug-likeness (QED) is 0.767. The summed E-state index contributed by atoms with van der Waals surface area (Å²) in [6, 6.07) is 6.35. The number of rotatable bonds is 4. The normalized spacial score (nSPS) is 21.6. The molecule has 1 saturated heterocycles. The molecule has 2 unspecified atom stereocenters. The zero-order chi connectivity index (χ0) is 13.0. The molecule has 1 aromatic rings. The lowest BCUT2D eigenvalue weighted by molar-refractivity contribution is 0.0157. The summed E-state index contributed by atoms with van der Waals surface area (Å²) in [5.41, 5.74) is 2.47. The fourth-order valence-electron chi connectivity index (χ4n) is 2.37. The van der Waals surface area contributed by atoms with Crippen molar-refractivity contribution in [3.63, 3.8) is 0 Å². The molecule has 2 nitrogen and oxygen atoms in total. The Bertz CT molecular complexity index is 386. The van der Waals surface area contributed by atoms with Gasteiger partial charge in [0.2, 0.25) is 0 Å². The number of benzene rings is 1. The van der Waals surface area contributed by atoms with Crippen molar-refractivity contribution in [2.45, 2.75) is 44.0 Å². The van der Waals surface area contributed by atoms with Gasteiger partial charge in [-0.3, -0.25) is 0 Å². The standard InChI is InChI=1S/C15H21BrO2/c1-3-17-13-8-7-11(2)10-12(13)15(16)14-6-4-5-9-18-14/h7-8,10,14-15H,3-6,9H2,1-2H3. The molecule has 1 heterocycles. The highest BCUT2D eigenvalue weighted by Crippen LogP contribution is 2.38. The highest BCUT2D eigenvalue weighted by molar-refractivity contribution is 9.09. The average Bonchev–Trinajstić information content (AvgIpc) is 2.41. The van der Waals surface area contributed by atoms with Gasteiger partial charge in [-0.2, -0.15) is 0 Å². The monoisotopic (exact) mass is 312 g/mol. The lowest BCUT2D eigenvalue weighted by Crippen LogP contribution is -2.23. The number of hydrogen-bond donors (Lipinski definition) is 0. The van der Waals surface area contributed by atoms with E-state index in [4.69, 9.17) is 9.47 Å². The van der Waals surface area contributed by atoms with Crippen LogP contribution in [0.15, 0.2) is 18.2 Å². The number of aryl methyl sites for hydroxylation is 1. The fraction of sp³-hybridized carbons (Fsp3) is 0.600.